The predicted molar refractivity (Wildman–Crippen MR) is 71.0 cm³/mol. The summed E-state index contributed by atoms with van der Waals surface area (Å²) in [6.45, 7) is 4.20. The van der Waals surface area contributed by atoms with E-state index in [0.29, 0.717) is 5.92 Å². The molecule has 18 heavy (non-hydrogen) atoms. The molecule has 1 heterocycles. The largest absolute Gasteiger partial charge is 0.373 e. The number of halogens is 1. The smallest absolute Gasteiger partial charge is 0.123 e. The minimum Gasteiger partial charge on any atom is -0.373 e. The summed E-state index contributed by atoms with van der Waals surface area (Å²) in [4.78, 5) is 0. The van der Waals surface area contributed by atoms with Crippen LogP contribution in [-0.4, -0.2) is 20.2 Å². The van der Waals surface area contributed by atoms with E-state index in [9.17, 15) is 4.39 Å². The molecule has 0 saturated carbocycles. The Morgan fingerprint density at radius 2 is 2.11 bits per heavy atom. The first-order valence-corrected chi connectivity index (χ1v) is 6.75. The molecule has 1 N–H and O–H groups in total. The number of benzene rings is 1. The maximum absolute atomic E-state index is 13.1. The van der Waals surface area contributed by atoms with Gasteiger partial charge in [-0.3, -0.25) is 0 Å². The third-order valence-corrected chi connectivity index (χ3v) is 4.18. The van der Waals surface area contributed by atoms with Gasteiger partial charge < -0.3 is 10.1 Å². The molecule has 0 aliphatic carbocycles. The fourth-order valence-corrected chi connectivity index (χ4v) is 3.14. The molecule has 1 aliphatic heterocycles. The molecule has 1 fully saturated rings. The Morgan fingerprint density at radius 1 is 1.39 bits per heavy atom. The van der Waals surface area contributed by atoms with Crippen LogP contribution in [0.2, 0.25) is 0 Å². The highest BCUT2D eigenvalue weighted by Crippen LogP contribution is 2.39. The van der Waals surface area contributed by atoms with Gasteiger partial charge >= 0.3 is 0 Å². The van der Waals surface area contributed by atoms with Gasteiger partial charge in [-0.25, -0.2) is 4.39 Å². The van der Waals surface area contributed by atoms with Gasteiger partial charge in [0.2, 0.25) is 0 Å². The van der Waals surface area contributed by atoms with Crippen LogP contribution >= 0.6 is 0 Å². The number of hydrogen-bond donors (Lipinski definition) is 1. The Bertz CT molecular complexity index is 367. The third-order valence-electron chi connectivity index (χ3n) is 4.18. The first kappa shape index (κ1) is 13.5. The van der Waals surface area contributed by atoms with E-state index in [1.807, 2.05) is 12.1 Å². The topological polar surface area (TPSA) is 21.3 Å². The van der Waals surface area contributed by atoms with Crippen LogP contribution in [0.3, 0.4) is 0 Å². The van der Waals surface area contributed by atoms with E-state index >= 15 is 0 Å². The van der Waals surface area contributed by atoms with E-state index in [-0.39, 0.29) is 11.4 Å². The Hall–Kier alpha value is -0.930. The standard InChI is InChI=1S/C15H22FNO/c1-3-15(18-2,13-5-4-10-17-11-13)12-6-8-14(16)9-7-12/h6-9,13,17H,3-5,10-11H2,1-2H3. The van der Waals surface area contributed by atoms with Crippen molar-refractivity contribution >= 4 is 0 Å². The average Bonchev–Trinajstić information content (AvgIpc) is 2.44. The van der Waals surface area contributed by atoms with Gasteiger partial charge in [-0.15, -0.1) is 0 Å². The molecule has 2 nitrogen and oxygen atoms in total. The molecule has 1 aliphatic rings. The molecule has 0 amide bonds. The van der Waals surface area contributed by atoms with Gasteiger partial charge in [0.05, 0.1) is 5.60 Å². The van der Waals surface area contributed by atoms with Crippen molar-refractivity contribution in [2.24, 2.45) is 5.92 Å². The molecule has 3 heteroatoms. The zero-order valence-electron chi connectivity index (χ0n) is 11.2. The first-order chi connectivity index (χ1) is 8.73. The summed E-state index contributed by atoms with van der Waals surface area (Å²) in [5.74, 6) is 0.258. The van der Waals surface area contributed by atoms with Gasteiger partial charge in [0.1, 0.15) is 5.82 Å². The van der Waals surface area contributed by atoms with E-state index in [0.717, 1.165) is 31.5 Å². The van der Waals surface area contributed by atoms with Crippen LogP contribution in [0.25, 0.3) is 0 Å². The summed E-state index contributed by atoms with van der Waals surface area (Å²) in [6.07, 6.45) is 3.24. The van der Waals surface area contributed by atoms with Gasteiger partial charge in [0.25, 0.3) is 0 Å². The lowest BCUT2D eigenvalue weighted by molar-refractivity contribution is -0.0745. The lowest BCUT2D eigenvalue weighted by atomic mass is 9.75. The Labute approximate surface area is 109 Å². The minimum absolute atomic E-state index is 0.193. The van der Waals surface area contributed by atoms with Crippen molar-refractivity contribution in [1.82, 2.24) is 5.32 Å². The highest BCUT2D eigenvalue weighted by molar-refractivity contribution is 5.25. The van der Waals surface area contributed by atoms with Crippen LogP contribution in [0.5, 0.6) is 0 Å². The fraction of sp³-hybridized carbons (Fsp3) is 0.600. The molecule has 2 atom stereocenters. The predicted octanol–water partition coefficient (Wildman–Crippen LogP) is 3.08. The van der Waals surface area contributed by atoms with Crippen molar-refractivity contribution in [3.63, 3.8) is 0 Å². The van der Waals surface area contributed by atoms with E-state index in [4.69, 9.17) is 4.74 Å². The molecule has 1 aromatic carbocycles. The highest BCUT2D eigenvalue weighted by atomic mass is 19.1. The molecule has 2 rings (SSSR count). The number of hydrogen-bond acceptors (Lipinski definition) is 2. The molecule has 0 radical (unpaired) electrons. The summed E-state index contributed by atoms with van der Waals surface area (Å²) in [5.41, 5.74) is 0.795. The molecular weight excluding hydrogens is 229 g/mol. The van der Waals surface area contributed by atoms with Crippen molar-refractivity contribution in [1.29, 1.82) is 0 Å². The van der Waals surface area contributed by atoms with Crippen molar-refractivity contribution < 1.29 is 9.13 Å². The number of ether oxygens (including phenoxy) is 1. The van der Waals surface area contributed by atoms with E-state index < -0.39 is 0 Å². The molecular formula is C15H22FNO. The number of methoxy groups -OCH3 is 1. The third kappa shape index (κ3) is 2.43. The normalized spacial score (nSPS) is 23.6. The highest BCUT2D eigenvalue weighted by Gasteiger charge is 2.39. The minimum atomic E-state index is -0.291. The molecule has 0 bridgehead atoms. The maximum Gasteiger partial charge on any atom is 0.123 e. The van der Waals surface area contributed by atoms with Gasteiger partial charge in [-0.05, 0) is 43.5 Å². The maximum atomic E-state index is 13.1. The Morgan fingerprint density at radius 3 is 2.61 bits per heavy atom. The number of piperidine rings is 1. The van der Waals surface area contributed by atoms with Crippen molar-refractivity contribution in [2.45, 2.75) is 31.8 Å². The average molecular weight is 251 g/mol. The zero-order valence-corrected chi connectivity index (χ0v) is 11.2. The number of nitrogens with one attached hydrogen (secondary N) is 1. The molecule has 100 valence electrons. The second-order valence-corrected chi connectivity index (χ2v) is 5.00. The Balaban J connectivity index is 2.32. The monoisotopic (exact) mass is 251 g/mol. The van der Waals surface area contributed by atoms with Crippen molar-refractivity contribution in [3.05, 3.63) is 35.6 Å². The van der Waals surface area contributed by atoms with Gasteiger partial charge in [0.15, 0.2) is 0 Å². The van der Waals surface area contributed by atoms with E-state index in [1.165, 1.54) is 18.6 Å². The van der Waals surface area contributed by atoms with Crippen LogP contribution in [0.15, 0.2) is 24.3 Å². The summed E-state index contributed by atoms with van der Waals surface area (Å²) >= 11 is 0. The van der Waals surface area contributed by atoms with E-state index in [2.05, 4.69) is 12.2 Å². The van der Waals surface area contributed by atoms with Crippen LogP contribution in [0.1, 0.15) is 31.7 Å². The molecule has 1 aromatic rings. The molecule has 2 unspecified atom stereocenters. The van der Waals surface area contributed by atoms with Crippen LogP contribution in [0.4, 0.5) is 4.39 Å². The van der Waals surface area contributed by atoms with E-state index in [1.54, 1.807) is 7.11 Å². The lowest BCUT2D eigenvalue weighted by Gasteiger charge is -2.41. The lowest BCUT2D eigenvalue weighted by Crippen LogP contribution is -2.45. The van der Waals surface area contributed by atoms with Crippen LogP contribution in [0, 0.1) is 11.7 Å². The van der Waals surface area contributed by atoms with Crippen LogP contribution < -0.4 is 5.32 Å². The Kier molecular flexibility index (Phi) is 4.36. The number of rotatable bonds is 4. The second-order valence-electron chi connectivity index (χ2n) is 5.00. The van der Waals surface area contributed by atoms with Crippen LogP contribution in [-0.2, 0) is 10.3 Å². The second kappa shape index (κ2) is 5.81. The summed E-state index contributed by atoms with van der Waals surface area (Å²) in [7, 11) is 1.77. The van der Waals surface area contributed by atoms with Crippen molar-refractivity contribution in [2.75, 3.05) is 20.2 Å². The molecule has 0 aromatic heterocycles. The van der Waals surface area contributed by atoms with Gasteiger partial charge in [-0.1, -0.05) is 19.1 Å². The first-order valence-electron chi connectivity index (χ1n) is 6.75. The molecule has 1 saturated heterocycles. The summed E-state index contributed by atoms with van der Waals surface area (Å²) in [5, 5.41) is 3.44. The zero-order chi connectivity index (χ0) is 13.0. The fourth-order valence-electron chi connectivity index (χ4n) is 3.14. The SMILES string of the molecule is CCC(OC)(c1ccc(F)cc1)C1CCCNC1. The summed E-state index contributed by atoms with van der Waals surface area (Å²) < 4.78 is 19.0. The van der Waals surface area contributed by atoms with Gasteiger partial charge in [0, 0.05) is 19.6 Å². The molecule has 0 spiro atoms. The van der Waals surface area contributed by atoms with Crippen molar-refractivity contribution in [3.8, 4) is 0 Å². The summed E-state index contributed by atoms with van der Waals surface area (Å²) in [6, 6.07) is 6.76. The van der Waals surface area contributed by atoms with Gasteiger partial charge in [-0.2, -0.15) is 0 Å². The quantitative estimate of drug-likeness (QED) is 0.888.